The second-order valence-corrected chi connectivity index (χ2v) is 4.36. The summed E-state index contributed by atoms with van der Waals surface area (Å²) in [5.74, 6) is -3.64. The molecule has 0 bridgehead atoms. The van der Waals surface area contributed by atoms with Crippen molar-refractivity contribution in [3.8, 4) is 11.4 Å². The van der Waals surface area contributed by atoms with Gasteiger partial charge in [0.25, 0.3) is 0 Å². The number of aromatic nitrogens is 2. The third kappa shape index (κ3) is 1.97. The highest BCUT2D eigenvalue weighted by atomic mass is 19.2. The summed E-state index contributed by atoms with van der Waals surface area (Å²) >= 11 is 0. The molecule has 1 heterocycles. The molecule has 0 aliphatic heterocycles. The number of fused-ring (bicyclic) bond motifs is 1. The van der Waals surface area contributed by atoms with Crippen LogP contribution >= 0.6 is 0 Å². The minimum Gasteiger partial charge on any atom is -0.494 e. The van der Waals surface area contributed by atoms with E-state index in [0.717, 1.165) is 12.1 Å². The summed E-state index contributed by atoms with van der Waals surface area (Å²) in [5, 5.41) is 0. The molecule has 7 heteroatoms. The zero-order valence-corrected chi connectivity index (χ0v) is 10.9. The number of methoxy groups -OCH3 is 1. The van der Waals surface area contributed by atoms with Gasteiger partial charge in [-0.15, -0.1) is 0 Å². The van der Waals surface area contributed by atoms with E-state index in [9.17, 15) is 13.2 Å². The fraction of sp³-hybridized carbons (Fsp3) is 0.0714. The number of hydrogen-bond donors (Lipinski definition) is 1. The number of para-hydroxylation sites is 1. The van der Waals surface area contributed by atoms with Gasteiger partial charge in [-0.3, -0.25) is 4.57 Å². The summed E-state index contributed by atoms with van der Waals surface area (Å²) in [6.45, 7) is 0. The molecule has 3 aromatic rings. The Morgan fingerprint density at radius 2 is 1.81 bits per heavy atom. The van der Waals surface area contributed by atoms with Crippen molar-refractivity contribution in [2.75, 3.05) is 12.8 Å². The minimum absolute atomic E-state index is 0.0138. The zero-order valence-electron chi connectivity index (χ0n) is 10.9. The number of nitrogens with two attached hydrogens (primary N) is 1. The first-order valence-electron chi connectivity index (χ1n) is 5.98. The molecule has 3 rings (SSSR count). The standard InChI is InChI=1S/C14H10F3N3O/c1-21-11-4-2-3-10-13(11)19-14(18)20(10)7-5-8(15)12(17)9(16)6-7/h2-6H,1H3,(H2,18,19). The Hall–Kier alpha value is -2.70. The molecule has 1 aromatic heterocycles. The van der Waals surface area contributed by atoms with E-state index in [1.165, 1.54) is 11.7 Å². The van der Waals surface area contributed by atoms with Gasteiger partial charge in [-0.2, -0.15) is 0 Å². The van der Waals surface area contributed by atoms with E-state index in [1.807, 2.05) is 0 Å². The largest absolute Gasteiger partial charge is 0.494 e. The van der Waals surface area contributed by atoms with E-state index in [2.05, 4.69) is 4.98 Å². The highest BCUT2D eigenvalue weighted by Crippen LogP contribution is 2.30. The number of nitrogen functional groups attached to an aromatic ring is 1. The van der Waals surface area contributed by atoms with Gasteiger partial charge in [0, 0.05) is 12.1 Å². The van der Waals surface area contributed by atoms with Crippen molar-refractivity contribution < 1.29 is 17.9 Å². The lowest BCUT2D eigenvalue weighted by Crippen LogP contribution is -2.03. The predicted molar refractivity (Wildman–Crippen MR) is 71.9 cm³/mol. The van der Waals surface area contributed by atoms with Gasteiger partial charge in [-0.25, -0.2) is 18.2 Å². The lowest BCUT2D eigenvalue weighted by molar-refractivity contribution is 0.419. The van der Waals surface area contributed by atoms with Gasteiger partial charge < -0.3 is 10.5 Å². The first kappa shape index (κ1) is 13.3. The Morgan fingerprint density at radius 3 is 2.43 bits per heavy atom. The number of ether oxygens (including phenoxy) is 1. The summed E-state index contributed by atoms with van der Waals surface area (Å²) in [5.41, 5.74) is 6.79. The van der Waals surface area contributed by atoms with Crippen molar-refractivity contribution >= 4 is 17.0 Å². The Morgan fingerprint density at radius 1 is 1.14 bits per heavy atom. The van der Waals surface area contributed by atoms with Crippen LogP contribution in [0.2, 0.25) is 0 Å². The number of nitrogens with zero attached hydrogens (tertiary/aromatic N) is 2. The summed E-state index contributed by atoms with van der Waals surface area (Å²) in [6, 6.07) is 6.76. The fourth-order valence-electron chi connectivity index (χ4n) is 2.20. The van der Waals surface area contributed by atoms with Crippen molar-refractivity contribution in [1.29, 1.82) is 0 Å². The molecule has 0 aliphatic carbocycles. The maximum absolute atomic E-state index is 13.4. The molecule has 0 spiro atoms. The highest BCUT2D eigenvalue weighted by molar-refractivity contribution is 5.86. The second-order valence-electron chi connectivity index (χ2n) is 4.36. The van der Waals surface area contributed by atoms with Crippen LogP contribution in [0, 0.1) is 17.5 Å². The number of benzene rings is 2. The van der Waals surface area contributed by atoms with Crippen LogP contribution in [0.5, 0.6) is 5.75 Å². The number of rotatable bonds is 2. The minimum atomic E-state index is -1.53. The van der Waals surface area contributed by atoms with Crippen LogP contribution in [0.1, 0.15) is 0 Å². The summed E-state index contributed by atoms with van der Waals surface area (Å²) in [6.07, 6.45) is 0. The van der Waals surface area contributed by atoms with Crippen molar-refractivity contribution in [1.82, 2.24) is 9.55 Å². The molecule has 0 unspecified atom stereocenters. The van der Waals surface area contributed by atoms with Gasteiger partial charge in [0.15, 0.2) is 17.5 Å². The molecule has 0 saturated carbocycles. The average Bonchev–Trinajstić information content (AvgIpc) is 2.80. The zero-order chi connectivity index (χ0) is 15.1. The Labute approximate surface area is 117 Å². The number of anilines is 1. The van der Waals surface area contributed by atoms with E-state index >= 15 is 0 Å². The molecular weight excluding hydrogens is 283 g/mol. The van der Waals surface area contributed by atoms with Crippen molar-refractivity contribution in [3.05, 3.63) is 47.8 Å². The van der Waals surface area contributed by atoms with Crippen LogP contribution in [0.25, 0.3) is 16.7 Å². The molecule has 4 nitrogen and oxygen atoms in total. The SMILES string of the molecule is COc1cccc2c1nc(N)n2-c1cc(F)c(F)c(F)c1. The first-order chi connectivity index (χ1) is 10.0. The molecule has 21 heavy (non-hydrogen) atoms. The van der Waals surface area contributed by atoms with E-state index < -0.39 is 17.5 Å². The Bertz CT molecular complexity index is 822. The highest BCUT2D eigenvalue weighted by Gasteiger charge is 2.17. The van der Waals surface area contributed by atoms with Crippen molar-refractivity contribution in [3.63, 3.8) is 0 Å². The topological polar surface area (TPSA) is 53.1 Å². The first-order valence-corrected chi connectivity index (χ1v) is 5.98. The molecule has 0 radical (unpaired) electrons. The van der Waals surface area contributed by atoms with E-state index in [1.54, 1.807) is 18.2 Å². The lowest BCUT2D eigenvalue weighted by Gasteiger charge is -2.08. The quantitative estimate of drug-likeness (QED) is 0.739. The molecule has 0 amide bonds. The van der Waals surface area contributed by atoms with Crippen LogP contribution in [-0.2, 0) is 0 Å². The maximum Gasteiger partial charge on any atom is 0.206 e. The molecule has 2 N–H and O–H groups in total. The smallest absolute Gasteiger partial charge is 0.206 e. The molecular formula is C14H10F3N3O. The maximum atomic E-state index is 13.4. The summed E-state index contributed by atoms with van der Waals surface area (Å²) in [7, 11) is 1.47. The van der Waals surface area contributed by atoms with Crippen molar-refractivity contribution in [2.24, 2.45) is 0 Å². The fourth-order valence-corrected chi connectivity index (χ4v) is 2.20. The Kier molecular flexibility index (Phi) is 2.97. The number of hydrogen-bond acceptors (Lipinski definition) is 3. The van der Waals surface area contributed by atoms with Crippen LogP contribution in [0.3, 0.4) is 0 Å². The molecule has 0 aliphatic rings. The summed E-state index contributed by atoms with van der Waals surface area (Å²) < 4.78 is 46.3. The van der Waals surface area contributed by atoms with Gasteiger partial charge in [-0.05, 0) is 12.1 Å². The van der Waals surface area contributed by atoms with Crippen LogP contribution in [0.4, 0.5) is 19.1 Å². The van der Waals surface area contributed by atoms with Gasteiger partial charge in [0.1, 0.15) is 11.3 Å². The molecule has 0 fully saturated rings. The monoisotopic (exact) mass is 293 g/mol. The lowest BCUT2D eigenvalue weighted by atomic mass is 10.2. The van der Waals surface area contributed by atoms with E-state index in [-0.39, 0.29) is 11.6 Å². The number of imidazole rings is 1. The third-order valence-electron chi connectivity index (χ3n) is 3.12. The average molecular weight is 293 g/mol. The van der Waals surface area contributed by atoms with Crippen LogP contribution < -0.4 is 10.5 Å². The van der Waals surface area contributed by atoms with E-state index in [4.69, 9.17) is 10.5 Å². The van der Waals surface area contributed by atoms with Gasteiger partial charge >= 0.3 is 0 Å². The van der Waals surface area contributed by atoms with Crippen LogP contribution in [-0.4, -0.2) is 16.7 Å². The van der Waals surface area contributed by atoms with Crippen LogP contribution in [0.15, 0.2) is 30.3 Å². The number of halogens is 3. The predicted octanol–water partition coefficient (Wildman–Crippen LogP) is 3.03. The molecule has 0 atom stereocenters. The van der Waals surface area contributed by atoms with E-state index in [0.29, 0.717) is 16.8 Å². The normalized spacial score (nSPS) is 11.0. The summed E-state index contributed by atoms with van der Waals surface area (Å²) in [4.78, 5) is 4.12. The molecule has 108 valence electrons. The van der Waals surface area contributed by atoms with Crippen molar-refractivity contribution in [2.45, 2.75) is 0 Å². The molecule has 0 saturated heterocycles. The van der Waals surface area contributed by atoms with Gasteiger partial charge in [0.2, 0.25) is 5.95 Å². The van der Waals surface area contributed by atoms with Gasteiger partial charge in [-0.1, -0.05) is 6.07 Å². The Balaban J connectivity index is 2.33. The third-order valence-corrected chi connectivity index (χ3v) is 3.12. The second kappa shape index (κ2) is 4.69. The molecule has 2 aromatic carbocycles. The van der Waals surface area contributed by atoms with Gasteiger partial charge in [0.05, 0.1) is 18.3 Å².